The van der Waals surface area contributed by atoms with E-state index in [1.807, 2.05) is 0 Å². The molecule has 4 aliphatic rings. The van der Waals surface area contributed by atoms with Gasteiger partial charge in [0.25, 0.3) is 0 Å². The molecule has 4 heterocycles. The summed E-state index contributed by atoms with van der Waals surface area (Å²) in [4.78, 5) is 51.6. The summed E-state index contributed by atoms with van der Waals surface area (Å²) in [5.74, 6) is -4.91. The van der Waals surface area contributed by atoms with Gasteiger partial charge in [-0.05, 0) is 63.5 Å². The van der Waals surface area contributed by atoms with E-state index < -0.39 is 71.9 Å². The van der Waals surface area contributed by atoms with Gasteiger partial charge >= 0.3 is 23.9 Å². The summed E-state index contributed by atoms with van der Waals surface area (Å²) in [7, 11) is 1.22. The summed E-state index contributed by atoms with van der Waals surface area (Å²) in [6.07, 6.45) is 5.99. The molecule has 0 aromatic rings. The number of esters is 4. The van der Waals surface area contributed by atoms with Gasteiger partial charge in [-0.3, -0.25) is 14.4 Å². The summed E-state index contributed by atoms with van der Waals surface area (Å²) in [5.41, 5.74) is -1.10. The van der Waals surface area contributed by atoms with Gasteiger partial charge in [0.2, 0.25) is 5.79 Å². The second-order valence-corrected chi connectivity index (χ2v) is 16.0. The summed E-state index contributed by atoms with van der Waals surface area (Å²) in [6, 6.07) is 0. The molecule has 2 N–H and O–H groups in total. The van der Waals surface area contributed by atoms with E-state index in [-0.39, 0.29) is 56.0 Å². The Labute approximate surface area is 325 Å². The van der Waals surface area contributed by atoms with E-state index in [4.69, 9.17) is 37.9 Å². The minimum Gasteiger partial charge on any atom is -0.466 e. The highest BCUT2D eigenvalue weighted by atomic mass is 16.7. The molecule has 0 spiro atoms. The number of carbonyl (C=O) groups is 4. The lowest BCUT2D eigenvalue weighted by atomic mass is 9.74. The Hall–Kier alpha value is -2.88. The largest absolute Gasteiger partial charge is 0.466 e. The van der Waals surface area contributed by atoms with E-state index in [2.05, 4.69) is 6.92 Å². The minimum absolute atomic E-state index is 0.0359. The van der Waals surface area contributed by atoms with Crippen LogP contribution in [0.1, 0.15) is 131 Å². The Morgan fingerprint density at radius 2 is 1.69 bits per heavy atom. The zero-order valence-electron chi connectivity index (χ0n) is 33.5. The third-order valence-electron chi connectivity index (χ3n) is 10.9. The molecule has 4 rings (SSSR count). The first-order valence-electron chi connectivity index (χ1n) is 20.2. The van der Waals surface area contributed by atoms with Gasteiger partial charge in [-0.25, -0.2) is 4.79 Å². The summed E-state index contributed by atoms with van der Waals surface area (Å²) in [6.45, 7) is 8.75. The number of methoxy groups -OCH3 is 1. The molecule has 14 heteroatoms. The van der Waals surface area contributed by atoms with Gasteiger partial charge in [0.15, 0.2) is 12.4 Å². The smallest absolute Gasteiger partial charge is 0.330 e. The second kappa shape index (κ2) is 21.0. The molecule has 3 fully saturated rings. The molecule has 55 heavy (non-hydrogen) atoms. The van der Waals surface area contributed by atoms with Crippen LogP contribution in [-0.4, -0.2) is 109 Å². The number of fused-ring (bicyclic) bond motifs is 6. The summed E-state index contributed by atoms with van der Waals surface area (Å²) in [5, 5.41) is 23.8. The molecule has 10 atom stereocenters. The van der Waals surface area contributed by atoms with Crippen molar-refractivity contribution in [3.05, 3.63) is 23.8 Å². The van der Waals surface area contributed by atoms with Crippen molar-refractivity contribution in [3.8, 4) is 0 Å². The Morgan fingerprint density at radius 3 is 2.40 bits per heavy atom. The quantitative estimate of drug-likeness (QED) is 0.0960. The van der Waals surface area contributed by atoms with E-state index >= 15 is 0 Å². The van der Waals surface area contributed by atoms with Crippen molar-refractivity contribution >= 4 is 23.9 Å². The van der Waals surface area contributed by atoms with Crippen LogP contribution in [0.15, 0.2) is 23.8 Å². The van der Waals surface area contributed by atoms with Crippen LogP contribution < -0.4 is 0 Å². The van der Waals surface area contributed by atoms with E-state index in [0.29, 0.717) is 25.9 Å². The topological polar surface area (TPSA) is 183 Å². The fraction of sp³-hybridized carbons (Fsp3) is 0.805. The first-order valence-corrected chi connectivity index (χ1v) is 20.2. The van der Waals surface area contributed by atoms with Crippen molar-refractivity contribution in [1.29, 1.82) is 0 Å². The Bertz CT molecular complexity index is 1340. The van der Waals surface area contributed by atoms with Crippen molar-refractivity contribution < 1.29 is 67.3 Å². The van der Waals surface area contributed by atoms with E-state index in [1.165, 1.54) is 20.1 Å². The Balaban J connectivity index is 1.74. The van der Waals surface area contributed by atoms with E-state index in [1.54, 1.807) is 32.9 Å². The molecular formula is C41H64O14. The molecule has 0 saturated carbocycles. The lowest BCUT2D eigenvalue weighted by Gasteiger charge is -2.51. The molecule has 0 radical (unpaired) electrons. The van der Waals surface area contributed by atoms with Crippen LogP contribution in [0.4, 0.5) is 0 Å². The molecule has 0 aromatic carbocycles. The van der Waals surface area contributed by atoms with Crippen LogP contribution in [0.2, 0.25) is 0 Å². The molecule has 0 aromatic heterocycles. The highest BCUT2D eigenvalue weighted by Gasteiger charge is 2.58. The number of rotatable bonds is 10. The maximum atomic E-state index is 13.4. The van der Waals surface area contributed by atoms with Gasteiger partial charge in [-0.1, -0.05) is 52.5 Å². The number of unbranched alkanes of at least 4 members (excludes halogenated alkanes) is 4. The highest BCUT2D eigenvalue weighted by molar-refractivity contribution is 5.83. The minimum atomic E-state index is -2.29. The van der Waals surface area contributed by atoms with Crippen LogP contribution in [0.5, 0.6) is 0 Å². The average Bonchev–Trinajstić information content (AvgIpc) is 3.11. The Kier molecular flexibility index (Phi) is 17.2. The number of hydrogen-bond donors (Lipinski definition) is 2. The van der Waals surface area contributed by atoms with E-state index in [0.717, 1.165) is 44.9 Å². The van der Waals surface area contributed by atoms with Crippen molar-refractivity contribution in [2.24, 2.45) is 5.41 Å². The van der Waals surface area contributed by atoms with Crippen molar-refractivity contribution in [2.75, 3.05) is 13.7 Å². The number of hydrogen-bond acceptors (Lipinski definition) is 14. The predicted molar refractivity (Wildman–Crippen MR) is 198 cm³/mol. The van der Waals surface area contributed by atoms with Crippen LogP contribution >= 0.6 is 0 Å². The molecule has 3 saturated heterocycles. The maximum absolute atomic E-state index is 13.4. The van der Waals surface area contributed by atoms with Gasteiger partial charge in [0.05, 0.1) is 50.7 Å². The zero-order valence-corrected chi connectivity index (χ0v) is 33.5. The van der Waals surface area contributed by atoms with Gasteiger partial charge in [0.1, 0.15) is 12.2 Å². The van der Waals surface area contributed by atoms with Crippen LogP contribution in [0.3, 0.4) is 0 Å². The van der Waals surface area contributed by atoms with Crippen molar-refractivity contribution in [2.45, 2.75) is 192 Å². The Morgan fingerprint density at radius 1 is 0.982 bits per heavy atom. The van der Waals surface area contributed by atoms with Crippen LogP contribution in [0.25, 0.3) is 0 Å². The number of ether oxygens (including phenoxy) is 8. The molecule has 14 nitrogen and oxygen atoms in total. The van der Waals surface area contributed by atoms with Crippen molar-refractivity contribution in [3.63, 3.8) is 0 Å². The molecule has 4 aliphatic heterocycles. The normalized spacial score (nSPS) is 35.1. The number of aliphatic hydroxyl groups excluding tert-OH is 1. The summed E-state index contributed by atoms with van der Waals surface area (Å²) < 4.78 is 47.5. The highest BCUT2D eigenvalue weighted by Crippen LogP contribution is 2.47. The maximum Gasteiger partial charge on any atom is 0.330 e. The molecule has 312 valence electrons. The fourth-order valence-electron chi connectivity index (χ4n) is 7.84. The third-order valence-corrected chi connectivity index (χ3v) is 10.9. The molecule has 0 amide bonds. The number of carbonyl (C=O) groups excluding carboxylic acids is 4. The first-order chi connectivity index (χ1) is 26.1. The van der Waals surface area contributed by atoms with Gasteiger partial charge in [-0.2, -0.15) is 0 Å². The molecule has 6 bridgehead atoms. The van der Waals surface area contributed by atoms with E-state index in [9.17, 15) is 29.4 Å². The number of cyclic esters (lactones) is 1. The van der Waals surface area contributed by atoms with Crippen molar-refractivity contribution in [1.82, 2.24) is 0 Å². The van der Waals surface area contributed by atoms with Gasteiger partial charge in [0, 0.05) is 37.7 Å². The third kappa shape index (κ3) is 13.3. The SMILES string of the molecule is CCCCCCCC(=O)O[C@H]1/C(=C/C(=O)OC)C[C@H]2C[C@H]([C@@H](C)OC(C)=O)OC(=O)C[C@H](O)C[C@@H]3CCC[C@H](C[C@@H]4CCO[C@H](/C=C\C(C)(C)[C@]1(O)O2)O4)O3. The lowest BCUT2D eigenvalue weighted by Crippen LogP contribution is -2.62. The molecular weight excluding hydrogens is 716 g/mol. The standard InChI is InChI=1S/C41H64O14/c1-7-8-9-10-11-15-35(44)54-39-28(21-36(45)48-6)20-33-25-34(26(2)50-27(3)42)53-37(46)23-29(43)22-30-13-12-14-31(51-30)24-32-17-19-49-38(52-32)16-18-40(4,5)41(39,47)55-33/h16,18,21,26,29-34,38-39,43,47H,7-15,17,19-20,22-25H2,1-6H3/b18-16-,28-21+/t26-,29-,30+,31-,32+,33+,34-,38+,39+,41-/m1/s1. The average molecular weight is 781 g/mol. The van der Waals surface area contributed by atoms with Gasteiger partial charge in [-0.15, -0.1) is 0 Å². The fourth-order valence-corrected chi connectivity index (χ4v) is 7.84. The first kappa shape index (κ1) is 44.8. The van der Waals surface area contributed by atoms with Crippen LogP contribution in [-0.2, 0) is 57.1 Å². The van der Waals surface area contributed by atoms with Crippen LogP contribution in [0, 0.1) is 5.41 Å². The summed E-state index contributed by atoms with van der Waals surface area (Å²) >= 11 is 0. The predicted octanol–water partition coefficient (Wildman–Crippen LogP) is 5.29. The lowest BCUT2D eigenvalue weighted by molar-refractivity contribution is -0.327. The number of aliphatic hydroxyl groups is 2. The van der Waals surface area contributed by atoms with Gasteiger partial charge < -0.3 is 48.1 Å². The molecule has 0 aliphatic carbocycles. The second-order valence-electron chi connectivity index (χ2n) is 16.0. The monoisotopic (exact) mass is 780 g/mol. The zero-order chi connectivity index (χ0) is 40.2. The molecule has 0 unspecified atom stereocenters.